The van der Waals surface area contributed by atoms with Gasteiger partial charge >= 0.3 is 5.76 Å². The molecule has 2 N–H and O–H groups in total. The minimum absolute atomic E-state index is 0.248. The first-order valence-electron chi connectivity index (χ1n) is 5.20. The number of hydrogen-bond donors (Lipinski definition) is 1. The van der Waals surface area contributed by atoms with E-state index >= 15 is 0 Å². The maximum Gasteiger partial charge on any atom is 0.437 e. The van der Waals surface area contributed by atoms with E-state index in [0.29, 0.717) is 11.4 Å². The smallest absolute Gasteiger partial charge is 0.388 e. The highest BCUT2D eigenvalue weighted by molar-refractivity contribution is 5.52. The Labute approximate surface area is 98.1 Å². The van der Waals surface area contributed by atoms with Gasteiger partial charge in [-0.2, -0.15) is 4.68 Å². The summed E-state index contributed by atoms with van der Waals surface area (Å²) in [7, 11) is 0. The van der Waals surface area contributed by atoms with E-state index in [-0.39, 0.29) is 5.89 Å². The summed E-state index contributed by atoms with van der Waals surface area (Å²) in [5, 5.41) is 4.14. The van der Waals surface area contributed by atoms with Crippen LogP contribution in [0.15, 0.2) is 27.5 Å². The van der Waals surface area contributed by atoms with Crippen LogP contribution in [0, 0.1) is 0 Å². The van der Waals surface area contributed by atoms with Crippen LogP contribution in [0.1, 0.15) is 20.8 Å². The molecule has 0 fully saturated rings. The molecule has 0 bridgehead atoms. The fourth-order valence-corrected chi connectivity index (χ4v) is 1.35. The number of nitrogens with two attached hydrogens (primary N) is 1. The minimum atomic E-state index is -0.482. The van der Waals surface area contributed by atoms with Crippen LogP contribution in [0.5, 0.6) is 0 Å². The van der Waals surface area contributed by atoms with Crippen LogP contribution >= 0.6 is 0 Å². The standard InChI is InChI=1S/C11H14N4O2/c1-11(2,3)15-10(16)17-9(14-15)7-4-5-8(12)13-6-7/h4-6H,1-3H3,(H2,12,13). The zero-order valence-corrected chi connectivity index (χ0v) is 9.97. The number of nitrogen functional groups attached to an aromatic ring is 1. The van der Waals surface area contributed by atoms with Gasteiger partial charge in [-0.3, -0.25) is 0 Å². The molecule has 0 aromatic carbocycles. The molecule has 2 rings (SSSR count). The molecular weight excluding hydrogens is 220 g/mol. The third-order valence-electron chi connectivity index (χ3n) is 2.22. The molecule has 0 unspecified atom stereocenters. The quantitative estimate of drug-likeness (QED) is 0.802. The van der Waals surface area contributed by atoms with E-state index in [4.69, 9.17) is 10.2 Å². The van der Waals surface area contributed by atoms with E-state index in [1.807, 2.05) is 20.8 Å². The van der Waals surface area contributed by atoms with Gasteiger partial charge in [0, 0.05) is 6.20 Å². The van der Waals surface area contributed by atoms with Crippen molar-refractivity contribution in [1.29, 1.82) is 0 Å². The Hall–Kier alpha value is -2.11. The van der Waals surface area contributed by atoms with Gasteiger partial charge < -0.3 is 10.2 Å². The van der Waals surface area contributed by atoms with Gasteiger partial charge in [-0.1, -0.05) is 0 Å². The molecule has 90 valence electrons. The maximum absolute atomic E-state index is 11.6. The molecule has 0 saturated carbocycles. The van der Waals surface area contributed by atoms with E-state index in [9.17, 15) is 4.79 Å². The second kappa shape index (κ2) is 3.73. The van der Waals surface area contributed by atoms with Crippen molar-refractivity contribution in [1.82, 2.24) is 14.8 Å². The molecule has 0 atom stereocenters. The molecule has 0 aliphatic heterocycles. The van der Waals surface area contributed by atoms with E-state index < -0.39 is 11.3 Å². The van der Waals surface area contributed by atoms with Crippen molar-refractivity contribution < 1.29 is 4.42 Å². The molecule has 6 nitrogen and oxygen atoms in total. The number of anilines is 1. The molecule has 0 aliphatic carbocycles. The summed E-state index contributed by atoms with van der Waals surface area (Å²) in [6, 6.07) is 3.34. The second-order valence-electron chi connectivity index (χ2n) is 4.73. The molecular formula is C11H14N4O2. The number of aromatic nitrogens is 3. The van der Waals surface area contributed by atoms with E-state index in [1.165, 1.54) is 10.9 Å². The van der Waals surface area contributed by atoms with Crippen molar-refractivity contribution in [2.24, 2.45) is 0 Å². The highest BCUT2D eigenvalue weighted by Crippen LogP contribution is 2.17. The summed E-state index contributed by atoms with van der Waals surface area (Å²) in [6.45, 7) is 5.63. The normalized spacial score (nSPS) is 11.7. The summed E-state index contributed by atoms with van der Waals surface area (Å²) in [5.74, 6) is 0.174. The van der Waals surface area contributed by atoms with Crippen molar-refractivity contribution in [2.75, 3.05) is 5.73 Å². The summed E-state index contributed by atoms with van der Waals surface area (Å²) in [6.07, 6.45) is 1.52. The van der Waals surface area contributed by atoms with Gasteiger partial charge in [-0.05, 0) is 32.9 Å². The Bertz CT molecular complexity index is 575. The fraction of sp³-hybridized carbons (Fsp3) is 0.364. The first-order valence-corrected chi connectivity index (χ1v) is 5.20. The molecule has 17 heavy (non-hydrogen) atoms. The summed E-state index contributed by atoms with van der Waals surface area (Å²) < 4.78 is 6.39. The van der Waals surface area contributed by atoms with Crippen molar-refractivity contribution in [3.8, 4) is 11.5 Å². The van der Waals surface area contributed by atoms with E-state index in [0.717, 1.165) is 0 Å². The van der Waals surface area contributed by atoms with Crippen molar-refractivity contribution in [2.45, 2.75) is 26.3 Å². The van der Waals surface area contributed by atoms with Gasteiger partial charge in [0.05, 0.1) is 11.1 Å². The van der Waals surface area contributed by atoms with Gasteiger partial charge in [-0.15, -0.1) is 5.10 Å². The monoisotopic (exact) mass is 234 g/mol. The maximum atomic E-state index is 11.6. The molecule has 0 aliphatic rings. The molecule has 0 spiro atoms. The molecule has 2 aromatic rings. The lowest BCUT2D eigenvalue weighted by Gasteiger charge is -2.15. The lowest BCUT2D eigenvalue weighted by molar-refractivity contribution is 0.325. The number of pyridine rings is 1. The SMILES string of the molecule is CC(C)(C)n1nc(-c2ccc(N)nc2)oc1=O. The lowest BCUT2D eigenvalue weighted by atomic mass is 10.1. The third kappa shape index (κ3) is 2.20. The zero-order chi connectivity index (χ0) is 12.6. The van der Waals surface area contributed by atoms with Crippen molar-refractivity contribution in [3.63, 3.8) is 0 Å². The van der Waals surface area contributed by atoms with Gasteiger partial charge in [-0.25, -0.2) is 9.78 Å². The highest BCUT2D eigenvalue weighted by atomic mass is 16.4. The Morgan fingerprint density at radius 2 is 2.06 bits per heavy atom. The fourth-order valence-electron chi connectivity index (χ4n) is 1.35. The molecule has 6 heteroatoms. The van der Waals surface area contributed by atoms with Crippen LogP contribution in [0.25, 0.3) is 11.5 Å². The average Bonchev–Trinajstić information content (AvgIpc) is 2.61. The molecule has 0 radical (unpaired) electrons. The minimum Gasteiger partial charge on any atom is -0.388 e. The lowest BCUT2D eigenvalue weighted by Crippen LogP contribution is -2.32. The molecule has 2 heterocycles. The van der Waals surface area contributed by atoms with Crippen LogP contribution in [0.3, 0.4) is 0 Å². The Morgan fingerprint density at radius 1 is 1.35 bits per heavy atom. The number of rotatable bonds is 1. The van der Waals surface area contributed by atoms with E-state index in [2.05, 4.69) is 10.1 Å². The van der Waals surface area contributed by atoms with Crippen molar-refractivity contribution in [3.05, 3.63) is 28.9 Å². The first kappa shape index (κ1) is 11.4. The van der Waals surface area contributed by atoms with Gasteiger partial charge in [0.25, 0.3) is 5.89 Å². The van der Waals surface area contributed by atoms with Crippen LogP contribution in [0.2, 0.25) is 0 Å². The summed E-state index contributed by atoms with van der Waals surface area (Å²) in [4.78, 5) is 15.5. The van der Waals surface area contributed by atoms with Crippen LogP contribution in [-0.2, 0) is 5.54 Å². The first-order chi connectivity index (χ1) is 7.88. The summed E-state index contributed by atoms with van der Waals surface area (Å²) >= 11 is 0. The number of nitrogens with zero attached hydrogens (tertiary/aromatic N) is 3. The van der Waals surface area contributed by atoms with Crippen LogP contribution in [-0.4, -0.2) is 14.8 Å². The third-order valence-corrected chi connectivity index (χ3v) is 2.22. The Kier molecular flexibility index (Phi) is 2.49. The Morgan fingerprint density at radius 3 is 2.53 bits per heavy atom. The topological polar surface area (TPSA) is 86.9 Å². The molecule has 0 saturated heterocycles. The van der Waals surface area contributed by atoms with Crippen LogP contribution < -0.4 is 11.5 Å². The average molecular weight is 234 g/mol. The van der Waals surface area contributed by atoms with Gasteiger partial charge in [0.15, 0.2) is 0 Å². The molecule has 2 aromatic heterocycles. The molecule has 0 amide bonds. The van der Waals surface area contributed by atoms with E-state index in [1.54, 1.807) is 12.1 Å². The van der Waals surface area contributed by atoms with Crippen LogP contribution in [0.4, 0.5) is 5.82 Å². The van der Waals surface area contributed by atoms with Gasteiger partial charge in [0.1, 0.15) is 5.82 Å². The van der Waals surface area contributed by atoms with Crippen molar-refractivity contribution >= 4 is 5.82 Å². The summed E-state index contributed by atoms with van der Waals surface area (Å²) in [5.41, 5.74) is 5.69. The van der Waals surface area contributed by atoms with Gasteiger partial charge in [0.2, 0.25) is 0 Å². The second-order valence-corrected chi connectivity index (χ2v) is 4.73. The highest BCUT2D eigenvalue weighted by Gasteiger charge is 2.20. The number of hydrogen-bond acceptors (Lipinski definition) is 5. The zero-order valence-electron chi connectivity index (χ0n) is 9.97. The Balaban J connectivity index is 2.49. The predicted molar refractivity (Wildman–Crippen MR) is 63.4 cm³/mol. The largest absolute Gasteiger partial charge is 0.437 e. The predicted octanol–water partition coefficient (Wildman–Crippen LogP) is 1.24.